The van der Waals surface area contributed by atoms with E-state index in [2.05, 4.69) is 0 Å². The van der Waals surface area contributed by atoms with E-state index in [0.717, 1.165) is 4.90 Å². The van der Waals surface area contributed by atoms with Crippen LogP contribution in [0.4, 0.5) is 0 Å². The standard InChI is InChI=1S/C10H10N4O2/c11-3-5-14(6-4-12)10(15)9-2-1-8(7-13)16-9/h1-2H,5-7,13H2. The molecule has 0 saturated carbocycles. The van der Waals surface area contributed by atoms with E-state index in [4.69, 9.17) is 20.7 Å². The SMILES string of the molecule is N#CCN(CC#N)C(=O)c1ccc(CN)o1. The van der Waals surface area contributed by atoms with Crippen molar-refractivity contribution in [2.45, 2.75) is 6.54 Å². The largest absolute Gasteiger partial charge is 0.455 e. The molecule has 2 N–H and O–H groups in total. The van der Waals surface area contributed by atoms with Gasteiger partial charge in [-0.1, -0.05) is 0 Å². The van der Waals surface area contributed by atoms with Crippen LogP contribution in [0.3, 0.4) is 0 Å². The molecule has 0 bridgehead atoms. The molecule has 0 aliphatic rings. The number of nitrogens with two attached hydrogens (primary N) is 1. The van der Waals surface area contributed by atoms with Crippen molar-refractivity contribution in [3.8, 4) is 12.1 Å². The number of carbonyl (C=O) groups is 1. The number of nitriles is 2. The third kappa shape index (κ3) is 2.59. The first kappa shape index (κ1) is 11.8. The molecule has 0 aliphatic heterocycles. The normalized spacial score (nSPS) is 9.19. The Balaban J connectivity index is 2.82. The lowest BCUT2D eigenvalue weighted by atomic mass is 10.3. The molecular weight excluding hydrogens is 208 g/mol. The molecule has 82 valence electrons. The number of rotatable bonds is 4. The average Bonchev–Trinajstić information content (AvgIpc) is 2.76. The van der Waals surface area contributed by atoms with Crippen molar-refractivity contribution in [1.82, 2.24) is 4.90 Å². The number of nitrogens with zero attached hydrogens (tertiary/aromatic N) is 3. The fraction of sp³-hybridized carbons (Fsp3) is 0.300. The third-order valence-corrected chi connectivity index (χ3v) is 1.88. The summed E-state index contributed by atoms with van der Waals surface area (Å²) in [6, 6.07) is 6.69. The molecule has 6 nitrogen and oxygen atoms in total. The van der Waals surface area contributed by atoms with Gasteiger partial charge in [-0.2, -0.15) is 10.5 Å². The van der Waals surface area contributed by atoms with Crippen molar-refractivity contribution < 1.29 is 9.21 Å². The van der Waals surface area contributed by atoms with E-state index in [0.29, 0.717) is 5.76 Å². The van der Waals surface area contributed by atoms with Gasteiger partial charge in [0.15, 0.2) is 5.76 Å². The summed E-state index contributed by atoms with van der Waals surface area (Å²) in [5.41, 5.74) is 5.33. The second-order valence-corrected chi connectivity index (χ2v) is 2.95. The maximum Gasteiger partial charge on any atom is 0.291 e. The summed E-state index contributed by atoms with van der Waals surface area (Å²) >= 11 is 0. The van der Waals surface area contributed by atoms with Crippen LogP contribution >= 0.6 is 0 Å². The minimum Gasteiger partial charge on any atom is -0.455 e. The second-order valence-electron chi connectivity index (χ2n) is 2.95. The van der Waals surface area contributed by atoms with Gasteiger partial charge in [0.1, 0.15) is 18.8 Å². The smallest absolute Gasteiger partial charge is 0.291 e. The topological polar surface area (TPSA) is 107 Å². The van der Waals surface area contributed by atoms with Crippen molar-refractivity contribution in [2.24, 2.45) is 5.73 Å². The lowest BCUT2D eigenvalue weighted by Crippen LogP contribution is -2.31. The Labute approximate surface area is 92.5 Å². The minimum absolute atomic E-state index is 0.0888. The van der Waals surface area contributed by atoms with Gasteiger partial charge >= 0.3 is 0 Å². The average molecular weight is 218 g/mol. The molecule has 0 aromatic carbocycles. The zero-order valence-electron chi connectivity index (χ0n) is 8.51. The second kappa shape index (κ2) is 5.54. The summed E-state index contributed by atoms with van der Waals surface area (Å²) in [6.45, 7) is -0.0973. The van der Waals surface area contributed by atoms with Crippen molar-refractivity contribution >= 4 is 5.91 Å². The zero-order valence-corrected chi connectivity index (χ0v) is 8.51. The number of amides is 1. The van der Waals surface area contributed by atoms with Crippen molar-refractivity contribution in [3.05, 3.63) is 23.7 Å². The predicted molar refractivity (Wildman–Crippen MR) is 53.7 cm³/mol. The summed E-state index contributed by atoms with van der Waals surface area (Å²) < 4.78 is 5.13. The van der Waals surface area contributed by atoms with Crippen LogP contribution in [0.2, 0.25) is 0 Å². The van der Waals surface area contributed by atoms with E-state index >= 15 is 0 Å². The van der Waals surface area contributed by atoms with Crippen LogP contribution in [-0.2, 0) is 6.54 Å². The van der Waals surface area contributed by atoms with Gasteiger partial charge in [0.25, 0.3) is 5.91 Å². The fourth-order valence-electron chi connectivity index (χ4n) is 1.13. The van der Waals surface area contributed by atoms with Gasteiger partial charge in [0, 0.05) is 0 Å². The Kier molecular flexibility index (Phi) is 4.07. The van der Waals surface area contributed by atoms with Crippen molar-refractivity contribution in [1.29, 1.82) is 10.5 Å². The zero-order chi connectivity index (χ0) is 12.0. The Bertz CT molecular complexity index is 436. The highest BCUT2D eigenvalue weighted by molar-refractivity contribution is 5.91. The quantitative estimate of drug-likeness (QED) is 0.727. The van der Waals surface area contributed by atoms with E-state index in [1.165, 1.54) is 6.07 Å². The first-order chi connectivity index (χ1) is 7.72. The third-order valence-electron chi connectivity index (χ3n) is 1.88. The van der Waals surface area contributed by atoms with E-state index < -0.39 is 5.91 Å². The number of hydrogen-bond donors (Lipinski definition) is 1. The van der Waals surface area contributed by atoms with E-state index in [1.54, 1.807) is 6.07 Å². The highest BCUT2D eigenvalue weighted by Crippen LogP contribution is 2.09. The monoisotopic (exact) mass is 218 g/mol. The molecule has 1 aromatic heterocycles. The number of carbonyl (C=O) groups excluding carboxylic acids is 1. The lowest BCUT2D eigenvalue weighted by molar-refractivity contribution is 0.0761. The van der Waals surface area contributed by atoms with Crippen LogP contribution in [-0.4, -0.2) is 23.9 Å². The van der Waals surface area contributed by atoms with Crippen molar-refractivity contribution in [2.75, 3.05) is 13.1 Å². The summed E-state index contributed by atoms with van der Waals surface area (Å²) in [6.07, 6.45) is 0. The van der Waals surface area contributed by atoms with Gasteiger partial charge in [-0.3, -0.25) is 4.79 Å². The van der Waals surface area contributed by atoms with Gasteiger partial charge < -0.3 is 15.1 Å². The summed E-state index contributed by atoms with van der Waals surface area (Å²) in [4.78, 5) is 12.8. The first-order valence-corrected chi connectivity index (χ1v) is 4.55. The van der Waals surface area contributed by atoms with Crippen molar-refractivity contribution in [3.63, 3.8) is 0 Å². The molecule has 1 rings (SSSR count). The summed E-state index contributed by atoms with van der Waals surface area (Å²) in [7, 11) is 0. The van der Waals surface area contributed by atoms with E-state index in [-0.39, 0.29) is 25.4 Å². The van der Waals surface area contributed by atoms with Crippen LogP contribution < -0.4 is 5.73 Å². The van der Waals surface area contributed by atoms with Gasteiger partial charge in [-0.15, -0.1) is 0 Å². The van der Waals surface area contributed by atoms with E-state index in [1.807, 2.05) is 12.1 Å². The van der Waals surface area contributed by atoms with Gasteiger partial charge in [0.2, 0.25) is 0 Å². The molecular formula is C10H10N4O2. The summed E-state index contributed by atoms with van der Waals surface area (Å²) in [5.74, 6) is 0.0889. The van der Waals surface area contributed by atoms with Gasteiger partial charge in [0.05, 0.1) is 18.7 Å². The minimum atomic E-state index is -0.484. The molecule has 0 aliphatic carbocycles. The first-order valence-electron chi connectivity index (χ1n) is 4.55. The molecule has 16 heavy (non-hydrogen) atoms. The molecule has 0 saturated heterocycles. The van der Waals surface area contributed by atoms with Crippen LogP contribution in [0.15, 0.2) is 16.5 Å². The Morgan fingerprint density at radius 2 is 2.00 bits per heavy atom. The Morgan fingerprint density at radius 3 is 2.44 bits per heavy atom. The molecule has 0 fully saturated rings. The molecule has 1 amide bonds. The predicted octanol–water partition coefficient (Wildman–Crippen LogP) is 0.228. The van der Waals surface area contributed by atoms with Gasteiger partial charge in [-0.25, -0.2) is 0 Å². The molecule has 1 aromatic rings. The maximum absolute atomic E-state index is 11.7. The van der Waals surface area contributed by atoms with Gasteiger partial charge in [-0.05, 0) is 12.1 Å². The van der Waals surface area contributed by atoms with Crippen LogP contribution in [0.1, 0.15) is 16.3 Å². The molecule has 6 heteroatoms. The molecule has 0 radical (unpaired) electrons. The Morgan fingerprint density at radius 1 is 1.38 bits per heavy atom. The number of furan rings is 1. The van der Waals surface area contributed by atoms with Crippen LogP contribution in [0.25, 0.3) is 0 Å². The highest BCUT2D eigenvalue weighted by Gasteiger charge is 2.18. The highest BCUT2D eigenvalue weighted by atomic mass is 16.4. The Hall–Kier alpha value is -2.31. The van der Waals surface area contributed by atoms with Crippen LogP contribution in [0.5, 0.6) is 0 Å². The van der Waals surface area contributed by atoms with E-state index in [9.17, 15) is 4.79 Å². The lowest BCUT2D eigenvalue weighted by Gasteiger charge is -2.13. The summed E-state index contributed by atoms with van der Waals surface area (Å²) in [5, 5.41) is 17.0. The molecule has 0 spiro atoms. The maximum atomic E-state index is 11.7. The molecule has 0 unspecified atom stereocenters. The molecule has 1 heterocycles. The fourth-order valence-corrected chi connectivity index (χ4v) is 1.13. The number of hydrogen-bond acceptors (Lipinski definition) is 5. The molecule has 0 atom stereocenters. The van der Waals surface area contributed by atoms with Crippen LogP contribution in [0, 0.1) is 22.7 Å².